The first-order chi connectivity index (χ1) is 23.6. The quantitative estimate of drug-likeness (QED) is 0.0986. The van der Waals surface area contributed by atoms with Crippen molar-refractivity contribution >= 4 is 66.9 Å². The Labute approximate surface area is 283 Å². The molecule has 48 heavy (non-hydrogen) atoms. The van der Waals surface area contributed by atoms with Crippen LogP contribution in [0.1, 0.15) is 44.6 Å². The summed E-state index contributed by atoms with van der Waals surface area (Å²) in [5, 5.41) is 15.5. The van der Waals surface area contributed by atoms with E-state index in [1.807, 2.05) is 0 Å². The minimum absolute atomic E-state index is 0.145. The number of para-hydroxylation sites is 1. The number of benzene rings is 6. The Kier molecular flexibility index (Phi) is 7.90. The van der Waals surface area contributed by atoms with E-state index in [9.17, 15) is 0 Å². The van der Waals surface area contributed by atoms with E-state index in [1.54, 1.807) is 0 Å². The molecule has 3 nitrogen and oxygen atoms in total. The van der Waals surface area contributed by atoms with Gasteiger partial charge in [0, 0.05) is 45.8 Å². The van der Waals surface area contributed by atoms with E-state index in [0.29, 0.717) is 6.04 Å². The van der Waals surface area contributed by atoms with Crippen molar-refractivity contribution in [2.24, 2.45) is 0 Å². The largest absolute Gasteiger partial charge is 0.338 e. The van der Waals surface area contributed by atoms with E-state index >= 15 is 0 Å². The Morgan fingerprint density at radius 3 is 1.98 bits per heavy atom. The Bertz CT molecular complexity index is 2220. The van der Waals surface area contributed by atoms with Crippen molar-refractivity contribution in [1.29, 1.82) is 5.41 Å². The highest BCUT2D eigenvalue weighted by Crippen LogP contribution is 2.46. The van der Waals surface area contributed by atoms with Crippen LogP contribution in [0.2, 0.25) is 0 Å². The first-order valence-electron chi connectivity index (χ1n) is 17.3. The van der Waals surface area contributed by atoms with Gasteiger partial charge < -0.3 is 15.2 Å². The lowest BCUT2D eigenvalue weighted by Crippen LogP contribution is -2.32. The summed E-state index contributed by atoms with van der Waals surface area (Å²) in [6, 6.07) is 38.9. The van der Waals surface area contributed by atoms with E-state index in [2.05, 4.69) is 157 Å². The van der Waals surface area contributed by atoms with Crippen LogP contribution in [0, 0.1) is 5.41 Å². The summed E-state index contributed by atoms with van der Waals surface area (Å²) in [5.74, 6) is 0. The molecular formula is C45H41N3. The van der Waals surface area contributed by atoms with Crippen LogP contribution in [0.25, 0.3) is 37.9 Å². The van der Waals surface area contributed by atoms with Crippen LogP contribution in [0.3, 0.4) is 0 Å². The maximum atomic E-state index is 7.76. The van der Waals surface area contributed by atoms with Gasteiger partial charge in [-0.3, -0.25) is 0 Å². The van der Waals surface area contributed by atoms with Gasteiger partial charge in [-0.05, 0) is 107 Å². The molecule has 0 fully saturated rings. The van der Waals surface area contributed by atoms with Crippen molar-refractivity contribution in [1.82, 2.24) is 0 Å². The summed E-state index contributed by atoms with van der Waals surface area (Å²) >= 11 is 0. The molecule has 0 aliphatic heterocycles. The van der Waals surface area contributed by atoms with Crippen molar-refractivity contribution < 1.29 is 0 Å². The molecule has 0 aromatic heterocycles. The molecule has 236 valence electrons. The van der Waals surface area contributed by atoms with Crippen LogP contribution in [0.5, 0.6) is 0 Å². The molecule has 0 heterocycles. The van der Waals surface area contributed by atoms with E-state index < -0.39 is 0 Å². The highest BCUT2D eigenvalue weighted by molar-refractivity contribution is 6.27. The minimum atomic E-state index is 0.145. The van der Waals surface area contributed by atoms with Gasteiger partial charge in [-0.15, -0.1) is 0 Å². The highest BCUT2D eigenvalue weighted by Gasteiger charge is 2.26. The fourth-order valence-corrected chi connectivity index (χ4v) is 7.83. The van der Waals surface area contributed by atoms with Gasteiger partial charge in [-0.25, -0.2) is 0 Å². The molecule has 1 N–H and O–H groups in total. The van der Waals surface area contributed by atoms with Gasteiger partial charge in [0.2, 0.25) is 0 Å². The van der Waals surface area contributed by atoms with Crippen LogP contribution in [-0.4, -0.2) is 18.3 Å². The van der Waals surface area contributed by atoms with Gasteiger partial charge in [-0.1, -0.05) is 111 Å². The molecule has 0 bridgehead atoms. The molecule has 2 aliphatic carbocycles. The zero-order valence-electron chi connectivity index (χ0n) is 27.6. The van der Waals surface area contributed by atoms with Crippen molar-refractivity contribution in [3.63, 3.8) is 0 Å². The Hall–Kier alpha value is -5.41. The number of allylic oxidation sites excluding steroid dienone is 4. The minimum Gasteiger partial charge on any atom is -0.338 e. The lowest BCUT2D eigenvalue weighted by atomic mass is 9.90. The number of nitrogens with zero attached hydrogens (tertiary/aromatic N) is 2. The van der Waals surface area contributed by atoms with Gasteiger partial charge >= 0.3 is 0 Å². The van der Waals surface area contributed by atoms with Gasteiger partial charge in [0.05, 0.1) is 6.04 Å². The molecule has 0 amide bonds. The average molecular weight is 624 g/mol. The van der Waals surface area contributed by atoms with Gasteiger partial charge in [0.1, 0.15) is 0 Å². The SMILES string of the molecule is C=C(CC)c1ccc(N(c2ccc3ccc4c(N(c5ccccc5)C5C=CC(C=N)=CC5)ccc5ccc2c3c54)C2CC=CCC2)cc1. The summed E-state index contributed by atoms with van der Waals surface area (Å²) in [6.45, 7) is 6.46. The van der Waals surface area contributed by atoms with Crippen molar-refractivity contribution in [2.45, 2.75) is 51.1 Å². The molecule has 0 spiro atoms. The number of rotatable bonds is 9. The van der Waals surface area contributed by atoms with E-state index in [-0.39, 0.29) is 6.04 Å². The number of anilines is 4. The first-order valence-corrected chi connectivity index (χ1v) is 17.3. The molecule has 3 heteroatoms. The van der Waals surface area contributed by atoms with Crippen LogP contribution in [0.4, 0.5) is 22.7 Å². The van der Waals surface area contributed by atoms with Crippen molar-refractivity contribution in [3.8, 4) is 0 Å². The molecule has 0 saturated carbocycles. The lowest BCUT2D eigenvalue weighted by Gasteiger charge is -2.36. The van der Waals surface area contributed by atoms with Crippen molar-refractivity contribution in [2.75, 3.05) is 9.80 Å². The third-order valence-electron chi connectivity index (χ3n) is 10.4. The van der Waals surface area contributed by atoms with Crippen LogP contribution >= 0.6 is 0 Å². The number of hydrogen-bond donors (Lipinski definition) is 1. The highest BCUT2D eigenvalue weighted by atomic mass is 15.2. The standard InChI is InChI=1S/C45H41N3/c1-3-31(2)33-16-24-39(25-17-33)48(37-12-8-5-9-13-37)43-29-21-35-18-26-40-42(28-20-34-19-27-41(43)45(35)44(34)40)47(36-10-6-4-7-11-36)38-22-14-32(30-46)15-23-38/h4-8,10-11,14-22,24-30,37-38,46H,2-3,9,12-13,23H2,1H3. The van der Waals surface area contributed by atoms with Crippen LogP contribution < -0.4 is 9.80 Å². The summed E-state index contributed by atoms with van der Waals surface area (Å²) in [7, 11) is 0. The second-order valence-electron chi connectivity index (χ2n) is 13.1. The predicted molar refractivity (Wildman–Crippen MR) is 208 cm³/mol. The maximum Gasteiger partial charge on any atom is 0.0560 e. The average Bonchev–Trinajstić information content (AvgIpc) is 3.16. The molecule has 0 radical (unpaired) electrons. The van der Waals surface area contributed by atoms with Gasteiger partial charge in [-0.2, -0.15) is 0 Å². The molecule has 8 rings (SSSR count). The molecule has 6 aromatic rings. The van der Waals surface area contributed by atoms with Crippen LogP contribution in [0.15, 0.2) is 146 Å². The molecular weight excluding hydrogens is 583 g/mol. The monoisotopic (exact) mass is 623 g/mol. The van der Waals surface area contributed by atoms with Gasteiger partial charge in [0.15, 0.2) is 0 Å². The normalized spacial score (nSPS) is 17.6. The smallest absolute Gasteiger partial charge is 0.0560 e. The fourth-order valence-electron chi connectivity index (χ4n) is 7.83. The zero-order valence-corrected chi connectivity index (χ0v) is 27.6. The summed E-state index contributed by atoms with van der Waals surface area (Å²) in [4.78, 5) is 5.08. The third kappa shape index (κ3) is 5.20. The number of nitrogens with one attached hydrogen (secondary N) is 1. The van der Waals surface area contributed by atoms with E-state index in [0.717, 1.165) is 37.7 Å². The Balaban J connectivity index is 1.32. The fraction of sp³-hybridized carbons (Fsp3) is 0.178. The molecule has 2 atom stereocenters. The predicted octanol–water partition coefficient (Wildman–Crippen LogP) is 12.3. The molecule has 2 aliphatic rings. The molecule has 2 unspecified atom stereocenters. The summed E-state index contributed by atoms with van der Waals surface area (Å²) in [5.41, 5.74) is 8.22. The second kappa shape index (κ2) is 12.7. The first kappa shape index (κ1) is 30.0. The second-order valence-corrected chi connectivity index (χ2v) is 13.1. The number of hydrogen-bond acceptors (Lipinski definition) is 3. The third-order valence-corrected chi connectivity index (χ3v) is 10.4. The summed E-state index contributed by atoms with van der Waals surface area (Å²) < 4.78 is 0. The molecule has 0 saturated heterocycles. The van der Waals surface area contributed by atoms with E-state index in [1.165, 1.54) is 72.4 Å². The molecule has 6 aromatic carbocycles. The maximum absolute atomic E-state index is 7.76. The Morgan fingerprint density at radius 2 is 1.40 bits per heavy atom. The lowest BCUT2D eigenvalue weighted by molar-refractivity contribution is 0.592. The Morgan fingerprint density at radius 1 is 0.750 bits per heavy atom. The topological polar surface area (TPSA) is 30.3 Å². The zero-order chi connectivity index (χ0) is 32.6. The summed E-state index contributed by atoms with van der Waals surface area (Å²) in [6.07, 6.45) is 17.7. The van der Waals surface area contributed by atoms with E-state index in [4.69, 9.17) is 5.41 Å². The van der Waals surface area contributed by atoms with Crippen LogP contribution in [-0.2, 0) is 0 Å². The van der Waals surface area contributed by atoms with Crippen molar-refractivity contribution in [3.05, 3.63) is 151 Å². The van der Waals surface area contributed by atoms with Gasteiger partial charge in [0.25, 0.3) is 0 Å².